The van der Waals surface area contributed by atoms with E-state index in [1.807, 2.05) is 30.5 Å². The van der Waals surface area contributed by atoms with Gasteiger partial charge < -0.3 is 9.32 Å². The zero-order valence-corrected chi connectivity index (χ0v) is 13.8. The topological polar surface area (TPSA) is 47.5 Å². The van der Waals surface area contributed by atoms with Crippen molar-refractivity contribution in [2.45, 2.75) is 20.8 Å². The number of fused-ring (bicyclic) bond motifs is 1. The van der Waals surface area contributed by atoms with Crippen molar-refractivity contribution in [3.8, 4) is 11.3 Å². The molecule has 0 saturated carbocycles. The van der Waals surface area contributed by atoms with Crippen LogP contribution >= 0.6 is 11.3 Å². The van der Waals surface area contributed by atoms with Crippen LogP contribution in [0.5, 0.6) is 0 Å². The van der Waals surface area contributed by atoms with E-state index in [1.54, 1.807) is 0 Å². The monoisotopic (exact) mass is 315 g/mol. The normalized spacial score (nSPS) is 11.5. The number of nitrogens with one attached hydrogen (secondary N) is 1. The molecule has 0 amide bonds. The molecule has 0 aliphatic heterocycles. The Hall–Kier alpha value is -1.98. The van der Waals surface area contributed by atoms with E-state index < -0.39 is 0 Å². The fourth-order valence-electron chi connectivity index (χ4n) is 2.66. The van der Waals surface area contributed by atoms with E-state index in [2.05, 4.69) is 24.9 Å². The van der Waals surface area contributed by atoms with Gasteiger partial charge in [0.05, 0.1) is 29.4 Å². The minimum Gasteiger partial charge on any atom is -0.422 e. The van der Waals surface area contributed by atoms with Crippen molar-refractivity contribution < 1.29 is 9.32 Å². The molecule has 22 heavy (non-hydrogen) atoms. The zero-order chi connectivity index (χ0) is 15.7. The summed E-state index contributed by atoms with van der Waals surface area (Å²) in [5, 5.41) is 3.76. The van der Waals surface area contributed by atoms with Gasteiger partial charge >= 0.3 is 5.63 Å². The lowest BCUT2D eigenvalue weighted by Gasteiger charge is -2.14. The predicted octanol–water partition coefficient (Wildman–Crippen LogP) is 2.78. The summed E-state index contributed by atoms with van der Waals surface area (Å²) in [6.45, 7) is 8.22. The van der Waals surface area contributed by atoms with Gasteiger partial charge in [-0.2, -0.15) is 0 Å². The van der Waals surface area contributed by atoms with E-state index in [1.165, 1.54) is 16.2 Å². The highest BCUT2D eigenvalue weighted by Gasteiger charge is 2.13. The van der Waals surface area contributed by atoms with Gasteiger partial charge in [0.15, 0.2) is 0 Å². The lowest BCUT2D eigenvalue weighted by atomic mass is 10.1. The van der Waals surface area contributed by atoms with E-state index in [4.69, 9.17) is 4.42 Å². The molecule has 0 radical (unpaired) electrons. The van der Waals surface area contributed by atoms with Gasteiger partial charge in [0.1, 0.15) is 11.3 Å². The zero-order valence-electron chi connectivity index (χ0n) is 13.0. The van der Waals surface area contributed by atoms with Gasteiger partial charge in [0, 0.05) is 16.8 Å². The standard InChI is InChI=1S/C17H18N2O2S/c1-4-19(5-2)13-7-6-12-8-14(15-10-22-11(3)18-15)17(20)21-16(12)9-13/h6-10H,4-5H2,1-3H3/p+1. The fourth-order valence-corrected chi connectivity index (χ4v) is 3.27. The Balaban J connectivity index is 2.12. The minimum absolute atomic E-state index is 0.329. The van der Waals surface area contributed by atoms with Crippen LogP contribution in [0.1, 0.15) is 18.9 Å². The van der Waals surface area contributed by atoms with E-state index >= 15 is 0 Å². The summed E-state index contributed by atoms with van der Waals surface area (Å²) >= 11 is 1.53. The molecule has 0 atom stereocenters. The maximum Gasteiger partial charge on any atom is 0.345 e. The number of aryl methyl sites for hydroxylation is 1. The number of rotatable bonds is 4. The summed E-state index contributed by atoms with van der Waals surface area (Å²) in [4.78, 5) is 18.0. The smallest absolute Gasteiger partial charge is 0.345 e. The largest absolute Gasteiger partial charge is 0.422 e. The average Bonchev–Trinajstić information content (AvgIpc) is 2.94. The summed E-state index contributed by atoms with van der Waals surface area (Å²) in [5.74, 6) is 0. The van der Waals surface area contributed by atoms with Gasteiger partial charge in [0.25, 0.3) is 0 Å². The molecule has 1 aromatic carbocycles. The number of hydrogen-bond acceptors (Lipinski definition) is 4. The van der Waals surface area contributed by atoms with Crippen molar-refractivity contribution in [1.82, 2.24) is 4.98 Å². The third kappa shape index (κ3) is 2.69. The molecule has 0 aliphatic carbocycles. The Labute approximate surface area is 133 Å². The van der Waals surface area contributed by atoms with Crippen LogP contribution in [0, 0.1) is 6.92 Å². The second-order valence-corrected chi connectivity index (χ2v) is 6.32. The van der Waals surface area contributed by atoms with Crippen molar-refractivity contribution >= 4 is 28.0 Å². The number of nitrogens with zero attached hydrogens (tertiary/aromatic N) is 1. The summed E-state index contributed by atoms with van der Waals surface area (Å²) < 4.78 is 5.53. The molecule has 0 bridgehead atoms. The first-order chi connectivity index (χ1) is 10.6. The summed E-state index contributed by atoms with van der Waals surface area (Å²) in [7, 11) is 0. The Morgan fingerprint density at radius 2 is 2.00 bits per heavy atom. The molecule has 3 aromatic rings. The second kappa shape index (κ2) is 6.02. The Morgan fingerprint density at radius 1 is 1.23 bits per heavy atom. The molecule has 2 heterocycles. The lowest BCUT2D eigenvalue weighted by molar-refractivity contribution is -0.828. The number of quaternary nitrogens is 1. The van der Waals surface area contributed by atoms with Crippen molar-refractivity contribution in [2.75, 3.05) is 13.1 Å². The van der Waals surface area contributed by atoms with Gasteiger partial charge in [-0.25, -0.2) is 9.78 Å². The number of thiazole rings is 1. The van der Waals surface area contributed by atoms with Crippen LogP contribution in [0.3, 0.4) is 0 Å². The second-order valence-electron chi connectivity index (χ2n) is 5.26. The van der Waals surface area contributed by atoms with Crippen molar-refractivity contribution in [1.29, 1.82) is 0 Å². The van der Waals surface area contributed by atoms with Crippen molar-refractivity contribution in [3.05, 3.63) is 45.1 Å². The molecule has 114 valence electrons. The third-order valence-corrected chi connectivity index (χ3v) is 4.67. The molecule has 0 fully saturated rings. The maximum atomic E-state index is 12.3. The first kappa shape index (κ1) is 14.9. The van der Waals surface area contributed by atoms with E-state index in [0.29, 0.717) is 16.8 Å². The van der Waals surface area contributed by atoms with Crippen LogP contribution in [-0.4, -0.2) is 18.1 Å². The molecule has 0 unspecified atom stereocenters. The van der Waals surface area contributed by atoms with Gasteiger partial charge in [0.2, 0.25) is 0 Å². The van der Waals surface area contributed by atoms with Crippen molar-refractivity contribution in [2.24, 2.45) is 0 Å². The van der Waals surface area contributed by atoms with Gasteiger partial charge in [-0.05, 0) is 39.0 Å². The molecule has 0 aliphatic rings. The van der Waals surface area contributed by atoms with Gasteiger partial charge in [-0.15, -0.1) is 11.3 Å². The molecule has 4 nitrogen and oxygen atoms in total. The number of aromatic nitrogens is 1. The maximum absolute atomic E-state index is 12.3. The van der Waals surface area contributed by atoms with E-state index in [-0.39, 0.29) is 5.63 Å². The van der Waals surface area contributed by atoms with Crippen LogP contribution in [-0.2, 0) is 0 Å². The molecular weight excluding hydrogens is 296 g/mol. The first-order valence-electron chi connectivity index (χ1n) is 7.47. The number of hydrogen-bond donors (Lipinski definition) is 1. The molecule has 3 rings (SSSR count). The molecule has 1 N–H and O–H groups in total. The van der Waals surface area contributed by atoms with Crippen LogP contribution in [0.15, 0.2) is 38.9 Å². The molecule has 2 aromatic heterocycles. The predicted molar refractivity (Wildman–Crippen MR) is 90.0 cm³/mol. The SMILES string of the molecule is CC[NH+](CC)c1ccc2cc(-c3csc(C)n3)c(=O)oc2c1. The lowest BCUT2D eigenvalue weighted by Crippen LogP contribution is -3.06. The fraction of sp³-hybridized carbons (Fsp3) is 0.294. The Morgan fingerprint density at radius 3 is 2.64 bits per heavy atom. The first-order valence-corrected chi connectivity index (χ1v) is 8.35. The molecule has 0 saturated heterocycles. The minimum atomic E-state index is -0.329. The Kier molecular flexibility index (Phi) is 4.09. The molecule has 5 heteroatoms. The molecular formula is C17H19N2O2S+. The van der Waals surface area contributed by atoms with Gasteiger partial charge in [-0.3, -0.25) is 0 Å². The van der Waals surface area contributed by atoms with Crippen LogP contribution < -0.4 is 10.5 Å². The summed E-state index contributed by atoms with van der Waals surface area (Å²) in [5.41, 5.74) is 2.68. The van der Waals surface area contributed by atoms with Gasteiger partial charge in [-0.1, -0.05) is 0 Å². The number of benzene rings is 1. The highest BCUT2D eigenvalue weighted by atomic mass is 32.1. The van der Waals surface area contributed by atoms with Crippen LogP contribution in [0.2, 0.25) is 0 Å². The van der Waals surface area contributed by atoms with E-state index in [9.17, 15) is 4.79 Å². The van der Waals surface area contributed by atoms with Crippen molar-refractivity contribution in [3.63, 3.8) is 0 Å². The van der Waals surface area contributed by atoms with E-state index in [0.717, 1.165) is 29.2 Å². The average molecular weight is 315 g/mol. The Bertz CT molecular complexity index is 862. The highest BCUT2D eigenvalue weighted by molar-refractivity contribution is 7.09. The third-order valence-electron chi connectivity index (χ3n) is 3.89. The summed E-state index contributed by atoms with van der Waals surface area (Å²) in [6, 6.07) is 7.95. The highest BCUT2D eigenvalue weighted by Crippen LogP contribution is 2.23. The quantitative estimate of drug-likeness (QED) is 0.753. The van der Waals surface area contributed by atoms with Crippen LogP contribution in [0.25, 0.3) is 22.2 Å². The van der Waals surface area contributed by atoms with Crippen LogP contribution in [0.4, 0.5) is 5.69 Å². The summed E-state index contributed by atoms with van der Waals surface area (Å²) in [6.07, 6.45) is 0. The molecule has 0 spiro atoms.